The molecule has 3 rings (SSSR count). The molecule has 0 saturated heterocycles. The van der Waals surface area contributed by atoms with Gasteiger partial charge < -0.3 is 14.8 Å². The minimum Gasteiger partial charge on any atom is -0.493 e. The van der Waals surface area contributed by atoms with E-state index in [0.29, 0.717) is 27.8 Å². The third kappa shape index (κ3) is 6.23. The second kappa shape index (κ2) is 10.8. The summed E-state index contributed by atoms with van der Waals surface area (Å²) in [4.78, 5) is 12.5. The Hall–Kier alpha value is -3.02. The Bertz CT molecular complexity index is 1170. The van der Waals surface area contributed by atoms with E-state index >= 15 is 0 Å². The van der Waals surface area contributed by atoms with Gasteiger partial charge in [-0.1, -0.05) is 41.9 Å². The van der Waals surface area contributed by atoms with E-state index in [-0.39, 0.29) is 12.2 Å². The van der Waals surface area contributed by atoms with Crippen LogP contribution in [0.2, 0.25) is 5.02 Å². The summed E-state index contributed by atoms with van der Waals surface area (Å²) >= 11 is 8.35. The molecule has 0 bridgehead atoms. The summed E-state index contributed by atoms with van der Waals surface area (Å²) in [5.74, 6) is 0.524. The van der Waals surface area contributed by atoms with Crippen LogP contribution in [0.1, 0.15) is 11.1 Å². The molecule has 0 fully saturated rings. The lowest BCUT2D eigenvalue weighted by molar-refractivity contribution is -0.112. The third-order valence-corrected chi connectivity index (χ3v) is 5.33. The number of carbonyl (C=O) groups is 1. The Morgan fingerprint density at radius 1 is 1.13 bits per heavy atom. The first-order valence-corrected chi connectivity index (χ1v) is 10.7. The number of ether oxygens (including phenoxy) is 2. The number of hydrogen-bond acceptors (Lipinski definition) is 4. The summed E-state index contributed by atoms with van der Waals surface area (Å²) in [6, 6.07) is 21.9. The van der Waals surface area contributed by atoms with Gasteiger partial charge >= 0.3 is 0 Å². The van der Waals surface area contributed by atoms with Gasteiger partial charge in [-0.15, -0.1) is 0 Å². The number of nitrogens with zero attached hydrogens (tertiary/aromatic N) is 1. The standard InChI is InChI=1S/C24H18ClIN2O3/c1-30-22-10-9-16(12-23(22)31-15-17-5-2-3-8-21(17)25)11-18(14-27)24(29)28-20-7-4-6-19(26)13-20/h2-13H,15H2,1H3,(H,28,29)/b18-11+. The number of nitrogens with one attached hydrogen (secondary N) is 1. The fourth-order valence-electron chi connectivity index (χ4n) is 2.75. The summed E-state index contributed by atoms with van der Waals surface area (Å²) < 4.78 is 12.2. The highest BCUT2D eigenvalue weighted by Gasteiger charge is 2.12. The molecule has 0 unspecified atom stereocenters. The number of benzene rings is 3. The van der Waals surface area contributed by atoms with Crippen molar-refractivity contribution in [2.24, 2.45) is 0 Å². The second-order valence-corrected chi connectivity index (χ2v) is 8.08. The Kier molecular flexibility index (Phi) is 7.93. The molecule has 1 amide bonds. The number of anilines is 1. The summed E-state index contributed by atoms with van der Waals surface area (Å²) in [7, 11) is 1.54. The van der Waals surface area contributed by atoms with Crippen molar-refractivity contribution in [1.82, 2.24) is 0 Å². The van der Waals surface area contributed by atoms with Gasteiger partial charge in [-0.3, -0.25) is 4.79 Å². The van der Waals surface area contributed by atoms with Gasteiger partial charge in [0.05, 0.1) is 7.11 Å². The topological polar surface area (TPSA) is 71.3 Å². The zero-order valence-corrected chi connectivity index (χ0v) is 19.5. The molecule has 0 aliphatic rings. The molecule has 1 N–H and O–H groups in total. The van der Waals surface area contributed by atoms with E-state index in [1.54, 1.807) is 37.4 Å². The molecule has 5 nitrogen and oxygen atoms in total. The normalized spacial score (nSPS) is 10.8. The molecule has 0 aliphatic heterocycles. The third-order valence-electron chi connectivity index (χ3n) is 4.29. The number of rotatable bonds is 7. The minimum absolute atomic E-state index is 0.0268. The van der Waals surface area contributed by atoms with Crippen LogP contribution in [-0.2, 0) is 11.4 Å². The average Bonchev–Trinajstić information content (AvgIpc) is 2.77. The Labute approximate surface area is 199 Å². The molecule has 0 radical (unpaired) electrons. The van der Waals surface area contributed by atoms with Gasteiger partial charge in [0.25, 0.3) is 5.91 Å². The van der Waals surface area contributed by atoms with Gasteiger partial charge in [0.1, 0.15) is 18.2 Å². The lowest BCUT2D eigenvalue weighted by Gasteiger charge is -2.12. The maximum absolute atomic E-state index is 12.5. The minimum atomic E-state index is -0.487. The first kappa shape index (κ1) is 22.7. The van der Waals surface area contributed by atoms with Crippen LogP contribution < -0.4 is 14.8 Å². The zero-order chi connectivity index (χ0) is 22.2. The number of hydrogen-bond donors (Lipinski definition) is 1. The molecular formula is C24H18ClIN2O3. The lowest BCUT2D eigenvalue weighted by atomic mass is 10.1. The Balaban J connectivity index is 1.81. The largest absolute Gasteiger partial charge is 0.493 e. The number of carbonyl (C=O) groups excluding carboxylic acids is 1. The molecule has 0 saturated carbocycles. The van der Waals surface area contributed by atoms with Gasteiger partial charge in [-0.2, -0.15) is 5.26 Å². The molecular weight excluding hydrogens is 527 g/mol. The molecule has 31 heavy (non-hydrogen) atoms. The van der Waals surface area contributed by atoms with E-state index in [1.807, 2.05) is 42.5 Å². The monoisotopic (exact) mass is 544 g/mol. The van der Waals surface area contributed by atoms with Crippen LogP contribution in [-0.4, -0.2) is 13.0 Å². The summed E-state index contributed by atoms with van der Waals surface area (Å²) in [6.45, 7) is 0.251. The smallest absolute Gasteiger partial charge is 0.266 e. The van der Waals surface area contributed by atoms with Crippen molar-refractivity contribution in [3.8, 4) is 17.6 Å². The van der Waals surface area contributed by atoms with Crippen LogP contribution in [0.15, 0.2) is 72.3 Å². The van der Waals surface area contributed by atoms with Crippen LogP contribution in [0.3, 0.4) is 0 Å². The molecule has 0 heterocycles. The number of amides is 1. The van der Waals surface area contributed by atoms with Gasteiger partial charge in [-0.25, -0.2) is 0 Å². The fourth-order valence-corrected chi connectivity index (χ4v) is 3.48. The molecule has 0 spiro atoms. The number of nitriles is 1. The summed E-state index contributed by atoms with van der Waals surface area (Å²) in [5.41, 5.74) is 2.06. The van der Waals surface area contributed by atoms with E-state index in [0.717, 1.165) is 9.13 Å². The molecule has 0 aromatic heterocycles. The highest BCUT2D eigenvalue weighted by atomic mass is 127. The van der Waals surface area contributed by atoms with Crippen molar-refractivity contribution in [3.05, 3.63) is 92.0 Å². The van der Waals surface area contributed by atoms with Gasteiger partial charge in [-0.05, 0) is 70.6 Å². The van der Waals surface area contributed by atoms with Crippen molar-refractivity contribution in [3.63, 3.8) is 0 Å². The predicted octanol–water partition coefficient (Wildman–Crippen LogP) is 6.08. The Morgan fingerprint density at radius 2 is 1.94 bits per heavy atom. The summed E-state index contributed by atoms with van der Waals surface area (Å²) in [5, 5.41) is 12.8. The van der Waals surface area contributed by atoms with Crippen LogP contribution in [0.4, 0.5) is 5.69 Å². The van der Waals surface area contributed by atoms with E-state index in [1.165, 1.54) is 6.08 Å². The van der Waals surface area contributed by atoms with Gasteiger partial charge in [0.15, 0.2) is 11.5 Å². The van der Waals surface area contributed by atoms with E-state index in [2.05, 4.69) is 27.9 Å². The maximum atomic E-state index is 12.5. The molecule has 0 atom stereocenters. The highest BCUT2D eigenvalue weighted by molar-refractivity contribution is 14.1. The molecule has 3 aromatic rings. The van der Waals surface area contributed by atoms with E-state index in [4.69, 9.17) is 21.1 Å². The second-order valence-electron chi connectivity index (χ2n) is 6.42. The first-order chi connectivity index (χ1) is 15.0. The van der Waals surface area contributed by atoms with E-state index < -0.39 is 5.91 Å². The molecule has 7 heteroatoms. The number of halogens is 2. The number of methoxy groups -OCH3 is 1. The fraction of sp³-hybridized carbons (Fsp3) is 0.0833. The lowest BCUT2D eigenvalue weighted by Crippen LogP contribution is -2.13. The van der Waals surface area contributed by atoms with Crippen LogP contribution in [0, 0.1) is 14.9 Å². The predicted molar refractivity (Wildman–Crippen MR) is 130 cm³/mol. The maximum Gasteiger partial charge on any atom is 0.266 e. The SMILES string of the molecule is COc1ccc(/C=C(\C#N)C(=O)Nc2cccc(I)c2)cc1OCc1ccccc1Cl. The van der Waals surface area contributed by atoms with Gasteiger partial charge in [0.2, 0.25) is 0 Å². The van der Waals surface area contributed by atoms with Crippen molar-refractivity contribution < 1.29 is 14.3 Å². The van der Waals surface area contributed by atoms with E-state index in [9.17, 15) is 10.1 Å². The van der Waals surface area contributed by atoms with Crippen LogP contribution in [0.5, 0.6) is 11.5 Å². The van der Waals surface area contributed by atoms with Crippen LogP contribution >= 0.6 is 34.2 Å². The average molecular weight is 545 g/mol. The summed E-state index contributed by atoms with van der Waals surface area (Å²) in [6.07, 6.45) is 1.50. The van der Waals surface area contributed by atoms with Crippen molar-refractivity contribution in [2.75, 3.05) is 12.4 Å². The Morgan fingerprint density at radius 3 is 2.65 bits per heavy atom. The molecule has 0 aliphatic carbocycles. The van der Waals surface area contributed by atoms with Gasteiger partial charge in [0, 0.05) is 19.8 Å². The molecule has 3 aromatic carbocycles. The molecule has 156 valence electrons. The van der Waals surface area contributed by atoms with Crippen molar-refractivity contribution in [2.45, 2.75) is 6.61 Å². The quantitative estimate of drug-likeness (QED) is 0.222. The highest BCUT2D eigenvalue weighted by Crippen LogP contribution is 2.30. The van der Waals surface area contributed by atoms with Crippen molar-refractivity contribution in [1.29, 1.82) is 5.26 Å². The van der Waals surface area contributed by atoms with Crippen LogP contribution in [0.25, 0.3) is 6.08 Å². The zero-order valence-electron chi connectivity index (χ0n) is 16.6. The van der Waals surface area contributed by atoms with Crippen molar-refractivity contribution >= 4 is 51.9 Å². The first-order valence-electron chi connectivity index (χ1n) is 9.23.